The van der Waals surface area contributed by atoms with Crippen LogP contribution in [0.5, 0.6) is 0 Å². The summed E-state index contributed by atoms with van der Waals surface area (Å²) in [5, 5.41) is 0.657. The third kappa shape index (κ3) is 3.89. The number of carbonyl (C=O) groups is 2. The zero-order chi connectivity index (χ0) is 19.4. The topological polar surface area (TPSA) is 68.7 Å². The Labute approximate surface area is 157 Å². The fraction of sp³-hybridized carbons (Fsp3) is 0.190. The van der Waals surface area contributed by atoms with E-state index in [1.54, 1.807) is 41.3 Å². The van der Waals surface area contributed by atoms with E-state index in [-0.39, 0.29) is 0 Å². The highest BCUT2D eigenvalue weighted by Gasteiger charge is 2.27. The number of nitrogens with zero attached hydrogens (tertiary/aromatic N) is 2. The van der Waals surface area contributed by atoms with Gasteiger partial charge in [0.05, 0.1) is 18.2 Å². The van der Waals surface area contributed by atoms with Crippen LogP contribution >= 0.6 is 0 Å². The molecule has 0 fully saturated rings. The third-order valence-corrected chi connectivity index (χ3v) is 4.12. The number of para-hydroxylation sites is 1. The van der Waals surface area contributed by atoms with Crippen molar-refractivity contribution in [2.45, 2.75) is 6.10 Å². The van der Waals surface area contributed by atoms with Gasteiger partial charge in [-0.05, 0) is 12.1 Å². The number of ether oxygens (including phenoxy) is 2. The van der Waals surface area contributed by atoms with Crippen LogP contribution in [0.3, 0.4) is 0 Å². The fourth-order valence-electron chi connectivity index (χ4n) is 2.72. The summed E-state index contributed by atoms with van der Waals surface area (Å²) in [6, 6.07) is 17.7. The molecule has 2 aromatic carbocycles. The van der Waals surface area contributed by atoms with Gasteiger partial charge in [0.15, 0.2) is 0 Å². The summed E-state index contributed by atoms with van der Waals surface area (Å²) in [5.74, 6) is -0.633. The summed E-state index contributed by atoms with van der Waals surface area (Å²) in [5.41, 5.74) is 1.56. The summed E-state index contributed by atoms with van der Waals surface area (Å²) >= 11 is 0. The Morgan fingerprint density at radius 2 is 1.67 bits per heavy atom. The van der Waals surface area contributed by atoms with Crippen molar-refractivity contribution >= 4 is 28.7 Å². The van der Waals surface area contributed by atoms with Crippen LogP contribution < -0.4 is 4.90 Å². The first kappa shape index (κ1) is 18.4. The Morgan fingerprint density at radius 1 is 1.00 bits per heavy atom. The molecule has 6 nitrogen and oxygen atoms in total. The zero-order valence-corrected chi connectivity index (χ0v) is 15.4. The molecule has 3 aromatic rings. The average Bonchev–Trinajstić information content (AvgIpc) is 2.71. The Kier molecular flexibility index (Phi) is 5.35. The van der Waals surface area contributed by atoms with Gasteiger partial charge in [-0.2, -0.15) is 0 Å². The molecule has 1 aromatic heterocycles. The van der Waals surface area contributed by atoms with E-state index < -0.39 is 18.0 Å². The Morgan fingerprint density at radius 3 is 2.33 bits per heavy atom. The van der Waals surface area contributed by atoms with Crippen molar-refractivity contribution in [3.8, 4) is 0 Å². The van der Waals surface area contributed by atoms with E-state index in [1.165, 1.54) is 7.11 Å². The molecule has 0 aliphatic carbocycles. The van der Waals surface area contributed by atoms with Crippen molar-refractivity contribution in [2.75, 3.05) is 26.1 Å². The predicted molar refractivity (Wildman–Crippen MR) is 103 cm³/mol. The molecule has 0 aliphatic rings. The van der Waals surface area contributed by atoms with Gasteiger partial charge >= 0.3 is 11.9 Å². The van der Waals surface area contributed by atoms with Crippen LogP contribution in [-0.2, 0) is 14.3 Å². The lowest BCUT2D eigenvalue weighted by Crippen LogP contribution is -2.22. The Hall–Kier alpha value is -3.41. The number of esters is 2. The molecule has 0 saturated heterocycles. The van der Waals surface area contributed by atoms with Crippen molar-refractivity contribution in [1.82, 2.24) is 4.98 Å². The van der Waals surface area contributed by atoms with Gasteiger partial charge in [-0.15, -0.1) is 0 Å². The van der Waals surface area contributed by atoms with Crippen molar-refractivity contribution in [3.05, 3.63) is 71.8 Å². The van der Waals surface area contributed by atoms with Crippen LogP contribution in [0, 0.1) is 0 Å². The minimum atomic E-state index is -1.14. The summed E-state index contributed by atoms with van der Waals surface area (Å²) in [6.45, 7) is 0. The van der Waals surface area contributed by atoms with Crippen molar-refractivity contribution in [1.29, 1.82) is 0 Å². The van der Waals surface area contributed by atoms with E-state index in [9.17, 15) is 9.59 Å². The maximum absolute atomic E-state index is 13.0. The average molecular weight is 364 g/mol. The molecule has 0 unspecified atom stereocenters. The van der Waals surface area contributed by atoms with Crippen LogP contribution in [0.4, 0.5) is 5.82 Å². The number of benzene rings is 2. The molecule has 0 bridgehead atoms. The first-order valence-corrected chi connectivity index (χ1v) is 8.42. The molecule has 0 saturated carbocycles. The van der Waals surface area contributed by atoms with Crippen LogP contribution in [0.1, 0.15) is 22.0 Å². The second-order valence-corrected chi connectivity index (χ2v) is 6.16. The molecule has 0 N–H and O–H groups in total. The zero-order valence-electron chi connectivity index (χ0n) is 15.4. The third-order valence-electron chi connectivity index (χ3n) is 4.12. The number of aromatic nitrogens is 1. The van der Waals surface area contributed by atoms with Crippen LogP contribution in [-0.4, -0.2) is 38.1 Å². The standard InChI is InChI=1S/C21H20N2O4/c1-23(2)18-13-16(15-11-7-8-12-17(15)22-18)20(24)27-19(21(25)26-3)14-9-5-4-6-10-14/h4-13,19H,1-3H3/t19-/m0/s1. The molecular weight excluding hydrogens is 344 g/mol. The normalized spacial score (nSPS) is 11.7. The molecule has 3 rings (SSSR count). The summed E-state index contributed by atoms with van der Waals surface area (Å²) in [4.78, 5) is 31.5. The molecule has 0 amide bonds. The van der Waals surface area contributed by atoms with E-state index in [4.69, 9.17) is 9.47 Å². The van der Waals surface area contributed by atoms with E-state index in [2.05, 4.69) is 4.98 Å². The molecule has 1 heterocycles. The Bertz CT molecular complexity index is 970. The molecule has 0 radical (unpaired) electrons. The van der Waals surface area contributed by atoms with Crippen LogP contribution in [0.25, 0.3) is 10.9 Å². The number of hydrogen-bond donors (Lipinski definition) is 0. The Balaban J connectivity index is 2.03. The van der Waals surface area contributed by atoms with Gasteiger partial charge in [-0.3, -0.25) is 0 Å². The molecule has 0 aliphatic heterocycles. The van der Waals surface area contributed by atoms with Crippen molar-refractivity contribution in [3.63, 3.8) is 0 Å². The van der Waals surface area contributed by atoms with E-state index >= 15 is 0 Å². The number of carbonyl (C=O) groups excluding carboxylic acids is 2. The van der Waals surface area contributed by atoms with Gasteiger partial charge in [0, 0.05) is 25.0 Å². The lowest BCUT2D eigenvalue weighted by atomic mass is 10.1. The summed E-state index contributed by atoms with van der Waals surface area (Å²) in [7, 11) is 4.94. The largest absolute Gasteiger partial charge is 0.466 e. The van der Waals surface area contributed by atoms with Gasteiger partial charge in [0.1, 0.15) is 5.82 Å². The number of pyridine rings is 1. The number of hydrogen-bond acceptors (Lipinski definition) is 6. The van der Waals surface area contributed by atoms with Gasteiger partial charge in [-0.25, -0.2) is 14.6 Å². The molecule has 138 valence electrons. The minimum Gasteiger partial charge on any atom is -0.466 e. The number of methoxy groups -OCH3 is 1. The maximum Gasteiger partial charge on any atom is 0.351 e. The number of fused-ring (bicyclic) bond motifs is 1. The highest BCUT2D eigenvalue weighted by molar-refractivity contribution is 6.05. The quantitative estimate of drug-likeness (QED) is 0.647. The fourth-order valence-corrected chi connectivity index (χ4v) is 2.72. The highest BCUT2D eigenvalue weighted by Crippen LogP contribution is 2.26. The molecular formula is C21H20N2O4. The second kappa shape index (κ2) is 7.86. The SMILES string of the molecule is COC(=O)[C@@H](OC(=O)c1cc(N(C)C)nc2ccccc12)c1ccccc1. The summed E-state index contributed by atoms with van der Waals surface area (Å²) < 4.78 is 10.4. The van der Waals surface area contributed by atoms with Crippen molar-refractivity contribution in [2.24, 2.45) is 0 Å². The number of anilines is 1. The van der Waals surface area contributed by atoms with E-state index in [0.717, 1.165) is 0 Å². The van der Waals surface area contributed by atoms with E-state index in [1.807, 2.05) is 38.4 Å². The van der Waals surface area contributed by atoms with Gasteiger partial charge in [-0.1, -0.05) is 48.5 Å². The lowest BCUT2D eigenvalue weighted by molar-refractivity contribution is -0.151. The predicted octanol–water partition coefficient (Wildman–Crippen LogP) is 3.37. The molecule has 6 heteroatoms. The van der Waals surface area contributed by atoms with Gasteiger partial charge in [0.25, 0.3) is 0 Å². The lowest BCUT2D eigenvalue weighted by Gasteiger charge is -2.18. The number of rotatable bonds is 5. The van der Waals surface area contributed by atoms with Gasteiger partial charge in [0.2, 0.25) is 6.10 Å². The monoisotopic (exact) mass is 364 g/mol. The maximum atomic E-state index is 13.0. The summed E-state index contributed by atoms with van der Waals surface area (Å²) in [6.07, 6.45) is -1.14. The first-order chi connectivity index (χ1) is 13.0. The smallest absolute Gasteiger partial charge is 0.351 e. The van der Waals surface area contributed by atoms with Crippen LogP contribution in [0.2, 0.25) is 0 Å². The minimum absolute atomic E-state index is 0.342. The van der Waals surface area contributed by atoms with Crippen molar-refractivity contribution < 1.29 is 19.1 Å². The van der Waals surface area contributed by atoms with E-state index in [0.29, 0.717) is 27.8 Å². The molecule has 27 heavy (non-hydrogen) atoms. The van der Waals surface area contributed by atoms with Gasteiger partial charge < -0.3 is 14.4 Å². The molecule has 0 spiro atoms. The highest BCUT2D eigenvalue weighted by atomic mass is 16.6. The first-order valence-electron chi connectivity index (χ1n) is 8.42. The second-order valence-electron chi connectivity index (χ2n) is 6.16. The molecule has 1 atom stereocenters. The van der Waals surface area contributed by atoms with Crippen LogP contribution in [0.15, 0.2) is 60.7 Å².